The summed E-state index contributed by atoms with van der Waals surface area (Å²) in [6.07, 6.45) is 6.67. The molecule has 0 bridgehead atoms. The number of likely N-dealkylation sites (N-methyl/N-ethyl adjacent to an activating group) is 1. The van der Waals surface area contributed by atoms with Crippen molar-refractivity contribution in [2.24, 2.45) is 17.8 Å². The second-order valence-electron chi connectivity index (χ2n) is 5.98. The van der Waals surface area contributed by atoms with Gasteiger partial charge in [-0.1, -0.05) is 19.1 Å². The van der Waals surface area contributed by atoms with Gasteiger partial charge in [0.25, 0.3) is 5.91 Å². The molecule has 3 nitrogen and oxygen atoms in total. The van der Waals surface area contributed by atoms with Gasteiger partial charge >= 0.3 is 0 Å². The van der Waals surface area contributed by atoms with Gasteiger partial charge in [0.15, 0.2) is 0 Å². The normalized spacial score (nSPS) is 37.1. The summed E-state index contributed by atoms with van der Waals surface area (Å²) in [5, 5.41) is 0. The van der Waals surface area contributed by atoms with Crippen molar-refractivity contribution in [3.05, 3.63) is 35.1 Å². The molecule has 2 fully saturated rings. The highest BCUT2D eigenvalue weighted by atomic mass is 16.2. The van der Waals surface area contributed by atoms with E-state index in [9.17, 15) is 4.79 Å². The SMILES string of the molecule is CC1C2C=CC3=C(CN4CCN(C)C(=O)C4=C3)C12. The van der Waals surface area contributed by atoms with Gasteiger partial charge in [0, 0.05) is 26.7 Å². The average Bonchev–Trinajstić information content (AvgIpc) is 3.04. The Hall–Kier alpha value is -1.51. The van der Waals surface area contributed by atoms with Crippen LogP contribution in [0.3, 0.4) is 0 Å². The van der Waals surface area contributed by atoms with Gasteiger partial charge in [-0.05, 0) is 35.0 Å². The van der Waals surface area contributed by atoms with Gasteiger partial charge in [-0.2, -0.15) is 0 Å². The Morgan fingerprint density at radius 3 is 3.00 bits per heavy atom. The highest BCUT2D eigenvalue weighted by molar-refractivity contribution is 5.94. The van der Waals surface area contributed by atoms with Gasteiger partial charge in [0.2, 0.25) is 0 Å². The molecule has 1 saturated carbocycles. The first-order valence-corrected chi connectivity index (χ1v) is 6.80. The molecule has 4 aliphatic rings. The second kappa shape index (κ2) is 3.28. The predicted octanol–water partition coefficient (Wildman–Crippen LogP) is 1.41. The maximum absolute atomic E-state index is 12.2. The van der Waals surface area contributed by atoms with Crippen LogP contribution >= 0.6 is 0 Å². The lowest BCUT2D eigenvalue weighted by Gasteiger charge is -2.39. The number of carbonyl (C=O) groups is 1. The van der Waals surface area contributed by atoms with Crippen LogP contribution in [0.1, 0.15) is 6.92 Å². The van der Waals surface area contributed by atoms with Crippen LogP contribution < -0.4 is 0 Å². The van der Waals surface area contributed by atoms with Crippen molar-refractivity contribution >= 4 is 5.91 Å². The predicted molar refractivity (Wildman–Crippen MR) is 69.6 cm³/mol. The Balaban J connectivity index is 1.75. The van der Waals surface area contributed by atoms with Gasteiger partial charge in [-0.15, -0.1) is 0 Å². The van der Waals surface area contributed by atoms with E-state index in [1.165, 1.54) is 5.57 Å². The van der Waals surface area contributed by atoms with Crippen LogP contribution in [0.5, 0.6) is 0 Å². The zero-order chi connectivity index (χ0) is 12.4. The minimum absolute atomic E-state index is 0.173. The van der Waals surface area contributed by atoms with E-state index in [-0.39, 0.29) is 5.91 Å². The van der Waals surface area contributed by atoms with E-state index in [1.807, 2.05) is 11.9 Å². The Morgan fingerprint density at radius 2 is 2.17 bits per heavy atom. The Bertz CT molecular complexity index is 529. The molecule has 2 heterocycles. The van der Waals surface area contributed by atoms with Crippen molar-refractivity contribution in [1.29, 1.82) is 0 Å². The van der Waals surface area contributed by atoms with E-state index in [4.69, 9.17) is 0 Å². The standard InChI is InChI=1S/C15H18N2O/c1-9-11-4-3-10-7-13-15(18)16(2)5-6-17(13)8-12(10)14(9)11/h3-4,7,9,11,14H,5-6,8H2,1-2H3. The van der Waals surface area contributed by atoms with E-state index >= 15 is 0 Å². The third kappa shape index (κ3) is 1.22. The highest BCUT2D eigenvalue weighted by Crippen LogP contribution is 2.55. The number of hydrogen-bond donors (Lipinski definition) is 0. The number of carbonyl (C=O) groups excluding carboxylic acids is 1. The monoisotopic (exact) mass is 242 g/mol. The van der Waals surface area contributed by atoms with Gasteiger partial charge in [0.1, 0.15) is 5.70 Å². The van der Waals surface area contributed by atoms with Crippen molar-refractivity contribution in [3.63, 3.8) is 0 Å². The molecule has 2 aliphatic carbocycles. The maximum Gasteiger partial charge on any atom is 0.269 e. The molecule has 2 aliphatic heterocycles. The Labute approximate surface area is 107 Å². The summed E-state index contributed by atoms with van der Waals surface area (Å²) in [6, 6.07) is 0. The zero-order valence-electron chi connectivity index (χ0n) is 10.9. The van der Waals surface area contributed by atoms with Crippen LogP contribution in [0.25, 0.3) is 0 Å². The molecule has 0 aromatic heterocycles. The number of hydrogen-bond acceptors (Lipinski definition) is 2. The first-order chi connectivity index (χ1) is 8.66. The van der Waals surface area contributed by atoms with Gasteiger partial charge in [-0.25, -0.2) is 0 Å². The molecule has 3 unspecified atom stereocenters. The molecule has 1 saturated heterocycles. The van der Waals surface area contributed by atoms with Crippen molar-refractivity contribution < 1.29 is 4.79 Å². The third-order valence-electron chi connectivity index (χ3n) is 4.98. The molecular weight excluding hydrogens is 224 g/mol. The number of amides is 1. The topological polar surface area (TPSA) is 23.6 Å². The first-order valence-electron chi connectivity index (χ1n) is 6.80. The number of piperazine rings is 1. The zero-order valence-corrected chi connectivity index (χ0v) is 10.9. The van der Waals surface area contributed by atoms with Crippen LogP contribution in [0.4, 0.5) is 0 Å². The molecule has 3 atom stereocenters. The molecule has 0 aromatic carbocycles. The van der Waals surface area contributed by atoms with E-state index in [1.54, 1.807) is 5.57 Å². The van der Waals surface area contributed by atoms with Crippen LogP contribution in [0.15, 0.2) is 35.1 Å². The minimum atomic E-state index is 0.173. The molecule has 0 spiro atoms. The quantitative estimate of drug-likeness (QED) is 0.641. The summed E-state index contributed by atoms with van der Waals surface area (Å²) < 4.78 is 0. The van der Waals surface area contributed by atoms with Gasteiger partial charge < -0.3 is 9.80 Å². The van der Waals surface area contributed by atoms with Crippen molar-refractivity contribution in [1.82, 2.24) is 9.80 Å². The Kier molecular flexibility index (Phi) is 1.90. The lowest BCUT2D eigenvalue weighted by Crippen LogP contribution is -2.48. The Morgan fingerprint density at radius 1 is 1.33 bits per heavy atom. The molecule has 18 heavy (non-hydrogen) atoms. The van der Waals surface area contributed by atoms with Crippen molar-refractivity contribution in [2.75, 3.05) is 26.7 Å². The molecule has 3 heteroatoms. The molecule has 0 radical (unpaired) electrons. The molecule has 4 rings (SSSR count). The summed E-state index contributed by atoms with van der Waals surface area (Å²) in [6.45, 7) is 5.12. The lowest BCUT2D eigenvalue weighted by atomic mass is 9.92. The fraction of sp³-hybridized carbons (Fsp3) is 0.533. The fourth-order valence-corrected chi connectivity index (χ4v) is 3.68. The van der Waals surface area contributed by atoms with Crippen LogP contribution in [0, 0.1) is 17.8 Å². The lowest BCUT2D eigenvalue weighted by molar-refractivity contribution is -0.129. The van der Waals surface area contributed by atoms with E-state index in [0.717, 1.165) is 43.1 Å². The van der Waals surface area contributed by atoms with E-state index in [0.29, 0.717) is 0 Å². The smallest absolute Gasteiger partial charge is 0.269 e. The number of rotatable bonds is 0. The summed E-state index contributed by atoms with van der Waals surface area (Å²) in [4.78, 5) is 16.2. The average molecular weight is 242 g/mol. The first kappa shape index (κ1) is 10.4. The highest BCUT2D eigenvalue weighted by Gasteiger charge is 2.50. The maximum atomic E-state index is 12.2. The summed E-state index contributed by atoms with van der Waals surface area (Å²) >= 11 is 0. The third-order valence-corrected chi connectivity index (χ3v) is 4.98. The van der Waals surface area contributed by atoms with Crippen LogP contribution in [-0.2, 0) is 4.79 Å². The number of nitrogens with zero attached hydrogens (tertiary/aromatic N) is 2. The molecule has 0 aromatic rings. The fourth-order valence-electron chi connectivity index (χ4n) is 3.68. The largest absolute Gasteiger partial charge is 0.361 e. The summed E-state index contributed by atoms with van der Waals surface area (Å²) in [5.74, 6) is 2.48. The molecular formula is C15H18N2O. The number of fused-ring (bicyclic) bond motifs is 3. The minimum Gasteiger partial charge on any atom is -0.361 e. The van der Waals surface area contributed by atoms with E-state index < -0.39 is 0 Å². The second-order valence-corrected chi connectivity index (χ2v) is 5.98. The number of allylic oxidation sites excluding steroid dienone is 4. The van der Waals surface area contributed by atoms with Crippen LogP contribution in [0.2, 0.25) is 0 Å². The van der Waals surface area contributed by atoms with Gasteiger partial charge in [0.05, 0.1) is 0 Å². The molecule has 1 amide bonds. The van der Waals surface area contributed by atoms with E-state index in [2.05, 4.69) is 30.1 Å². The van der Waals surface area contributed by atoms with Crippen molar-refractivity contribution in [2.45, 2.75) is 6.92 Å². The molecule has 0 N–H and O–H groups in total. The molecule has 94 valence electrons. The van der Waals surface area contributed by atoms with Crippen molar-refractivity contribution in [3.8, 4) is 0 Å². The summed E-state index contributed by atoms with van der Waals surface area (Å²) in [7, 11) is 1.89. The van der Waals surface area contributed by atoms with Crippen LogP contribution in [-0.4, -0.2) is 42.4 Å². The van der Waals surface area contributed by atoms with Gasteiger partial charge in [-0.3, -0.25) is 4.79 Å². The summed E-state index contributed by atoms with van der Waals surface area (Å²) in [5.41, 5.74) is 3.76.